The summed E-state index contributed by atoms with van der Waals surface area (Å²) in [6.45, 7) is 1.31. The Morgan fingerprint density at radius 3 is 2.04 bits per heavy atom. The Morgan fingerprint density at radius 2 is 1.50 bits per heavy atom. The van der Waals surface area contributed by atoms with Gasteiger partial charge in [0.1, 0.15) is 0 Å². The summed E-state index contributed by atoms with van der Waals surface area (Å²) in [6.07, 6.45) is 0. The first-order chi connectivity index (χ1) is 12.5. The highest BCUT2D eigenvalue weighted by Crippen LogP contribution is 2.39. The van der Waals surface area contributed by atoms with Crippen LogP contribution in [0.3, 0.4) is 0 Å². The van der Waals surface area contributed by atoms with E-state index in [0.717, 1.165) is 12.1 Å². The molecule has 0 fully saturated rings. The van der Waals surface area contributed by atoms with Gasteiger partial charge in [-0.3, -0.25) is 4.79 Å². The van der Waals surface area contributed by atoms with Crippen molar-refractivity contribution in [2.24, 2.45) is 0 Å². The standard InChI is InChI=1S/C20H26N2O4/c1-22(2)13-15-8-6-14(7-9-15)12-21-20(23)16-10-11-17(24-3)19(26-5)18(16)25-4/h6-11H,12-13H2,1-5H3,(H,21,23). The molecule has 0 atom stereocenters. The topological polar surface area (TPSA) is 60.0 Å². The van der Waals surface area contributed by atoms with Gasteiger partial charge in [0.25, 0.3) is 5.91 Å². The van der Waals surface area contributed by atoms with E-state index in [1.807, 2.05) is 26.2 Å². The van der Waals surface area contributed by atoms with E-state index >= 15 is 0 Å². The van der Waals surface area contributed by atoms with Crippen molar-refractivity contribution in [1.29, 1.82) is 0 Å². The first kappa shape index (κ1) is 19.6. The van der Waals surface area contributed by atoms with Crippen LogP contribution in [0.25, 0.3) is 0 Å². The molecule has 2 aromatic rings. The molecule has 0 unspecified atom stereocenters. The molecule has 0 heterocycles. The number of carbonyl (C=O) groups excluding carboxylic acids is 1. The first-order valence-corrected chi connectivity index (χ1v) is 8.29. The monoisotopic (exact) mass is 358 g/mol. The molecule has 0 aliphatic heterocycles. The second-order valence-electron chi connectivity index (χ2n) is 6.12. The van der Waals surface area contributed by atoms with Gasteiger partial charge in [0, 0.05) is 13.1 Å². The Labute approximate surface area is 154 Å². The summed E-state index contributed by atoms with van der Waals surface area (Å²) in [5.74, 6) is 1.03. The molecule has 0 spiro atoms. The van der Waals surface area contributed by atoms with Crippen molar-refractivity contribution in [3.8, 4) is 17.2 Å². The Balaban J connectivity index is 2.10. The van der Waals surface area contributed by atoms with Crippen molar-refractivity contribution >= 4 is 5.91 Å². The highest BCUT2D eigenvalue weighted by molar-refractivity contribution is 5.98. The molecule has 0 saturated heterocycles. The fourth-order valence-electron chi connectivity index (χ4n) is 2.69. The molecule has 0 aromatic heterocycles. The van der Waals surface area contributed by atoms with Gasteiger partial charge in [-0.25, -0.2) is 0 Å². The fraction of sp³-hybridized carbons (Fsp3) is 0.350. The lowest BCUT2D eigenvalue weighted by molar-refractivity contribution is 0.0947. The maximum atomic E-state index is 12.6. The van der Waals surface area contributed by atoms with E-state index in [0.29, 0.717) is 29.4 Å². The van der Waals surface area contributed by atoms with Crippen LogP contribution in [0.5, 0.6) is 17.2 Å². The largest absolute Gasteiger partial charge is 0.493 e. The van der Waals surface area contributed by atoms with Crippen molar-refractivity contribution < 1.29 is 19.0 Å². The molecule has 0 aliphatic carbocycles. The Morgan fingerprint density at radius 1 is 0.885 bits per heavy atom. The molecule has 1 amide bonds. The number of nitrogens with one attached hydrogen (secondary N) is 1. The predicted molar refractivity (Wildman–Crippen MR) is 101 cm³/mol. The van der Waals surface area contributed by atoms with Gasteiger partial charge in [-0.05, 0) is 37.4 Å². The summed E-state index contributed by atoms with van der Waals surface area (Å²) in [4.78, 5) is 14.7. The van der Waals surface area contributed by atoms with Crippen LogP contribution in [0.4, 0.5) is 0 Å². The first-order valence-electron chi connectivity index (χ1n) is 8.29. The molecule has 6 heteroatoms. The summed E-state index contributed by atoms with van der Waals surface area (Å²) in [6, 6.07) is 11.5. The third kappa shape index (κ3) is 4.67. The number of hydrogen-bond donors (Lipinski definition) is 1. The lowest BCUT2D eigenvalue weighted by atomic mass is 10.1. The molecule has 140 valence electrons. The molecule has 0 aliphatic rings. The van der Waals surface area contributed by atoms with E-state index in [2.05, 4.69) is 22.3 Å². The minimum Gasteiger partial charge on any atom is -0.493 e. The average molecular weight is 358 g/mol. The number of amides is 1. The van der Waals surface area contributed by atoms with Crippen LogP contribution in [-0.4, -0.2) is 46.2 Å². The SMILES string of the molecule is COc1ccc(C(=O)NCc2ccc(CN(C)C)cc2)c(OC)c1OC. The lowest BCUT2D eigenvalue weighted by Crippen LogP contribution is -2.23. The Hall–Kier alpha value is -2.73. The Bertz CT molecular complexity index is 742. The van der Waals surface area contributed by atoms with Gasteiger partial charge in [-0.1, -0.05) is 24.3 Å². The number of hydrogen-bond acceptors (Lipinski definition) is 5. The van der Waals surface area contributed by atoms with Gasteiger partial charge < -0.3 is 24.4 Å². The van der Waals surface area contributed by atoms with Gasteiger partial charge in [0.2, 0.25) is 5.75 Å². The zero-order chi connectivity index (χ0) is 19.1. The second kappa shape index (κ2) is 9.10. The molecule has 1 N–H and O–H groups in total. The average Bonchev–Trinajstić information content (AvgIpc) is 2.65. The summed E-state index contributed by atoms with van der Waals surface area (Å²) in [7, 11) is 8.61. The summed E-state index contributed by atoms with van der Waals surface area (Å²) in [5, 5.41) is 2.91. The van der Waals surface area contributed by atoms with Crippen molar-refractivity contribution in [2.45, 2.75) is 13.1 Å². The minimum absolute atomic E-state index is 0.236. The molecular formula is C20H26N2O4. The van der Waals surface area contributed by atoms with Crippen LogP contribution in [0.1, 0.15) is 21.5 Å². The number of carbonyl (C=O) groups is 1. The summed E-state index contributed by atoms with van der Waals surface area (Å²) in [5.41, 5.74) is 2.65. The summed E-state index contributed by atoms with van der Waals surface area (Å²) < 4.78 is 15.9. The molecular weight excluding hydrogens is 332 g/mol. The van der Waals surface area contributed by atoms with Crippen molar-refractivity contribution in [3.05, 3.63) is 53.1 Å². The Kier molecular flexibility index (Phi) is 6.86. The van der Waals surface area contributed by atoms with Crippen LogP contribution < -0.4 is 19.5 Å². The van der Waals surface area contributed by atoms with E-state index in [1.165, 1.54) is 26.9 Å². The van der Waals surface area contributed by atoms with Crippen LogP contribution in [0.2, 0.25) is 0 Å². The smallest absolute Gasteiger partial charge is 0.255 e. The number of ether oxygens (including phenoxy) is 3. The fourth-order valence-corrected chi connectivity index (χ4v) is 2.69. The third-order valence-electron chi connectivity index (χ3n) is 3.92. The van der Waals surface area contributed by atoms with Crippen LogP contribution in [-0.2, 0) is 13.1 Å². The molecule has 6 nitrogen and oxygen atoms in total. The summed E-state index contributed by atoms with van der Waals surface area (Å²) >= 11 is 0. The number of rotatable bonds is 8. The van der Waals surface area contributed by atoms with Gasteiger partial charge >= 0.3 is 0 Å². The quantitative estimate of drug-likeness (QED) is 0.786. The van der Waals surface area contributed by atoms with Crippen molar-refractivity contribution in [2.75, 3.05) is 35.4 Å². The third-order valence-corrected chi connectivity index (χ3v) is 3.92. The second-order valence-corrected chi connectivity index (χ2v) is 6.12. The highest BCUT2D eigenvalue weighted by atomic mass is 16.5. The van der Waals surface area contributed by atoms with E-state index in [-0.39, 0.29) is 5.91 Å². The van der Waals surface area contributed by atoms with Crippen LogP contribution >= 0.6 is 0 Å². The van der Waals surface area contributed by atoms with E-state index in [4.69, 9.17) is 14.2 Å². The highest BCUT2D eigenvalue weighted by Gasteiger charge is 2.20. The van der Waals surface area contributed by atoms with Crippen LogP contribution in [0, 0.1) is 0 Å². The number of methoxy groups -OCH3 is 3. The zero-order valence-electron chi connectivity index (χ0n) is 16.0. The zero-order valence-corrected chi connectivity index (χ0v) is 16.0. The van der Waals surface area contributed by atoms with Crippen molar-refractivity contribution in [1.82, 2.24) is 10.2 Å². The number of benzene rings is 2. The van der Waals surface area contributed by atoms with Gasteiger partial charge in [0.05, 0.1) is 26.9 Å². The predicted octanol–water partition coefficient (Wildman–Crippen LogP) is 2.70. The molecule has 2 aromatic carbocycles. The van der Waals surface area contributed by atoms with Crippen molar-refractivity contribution in [3.63, 3.8) is 0 Å². The van der Waals surface area contributed by atoms with E-state index in [1.54, 1.807) is 12.1 Å². The maximum Gasteiger partial charge on any atom is 0.255 e. The molecule has 0 saturated carbocycles. The molecule has 2 rings (SSSR count). The normalized spacial score (nSPS) is 10.5. The number of nitrogens with zero attached hydrogens (tertiary/aromatic N) is 1. The molecule has 0 bridgehead atoms. The van der Waals surface area contributed by atoms with Gasteiger partial charge in [-0.2, -0.15) is 0 Å². The van der Waals surface area contributed by atoms with Gasteiger partial charge in [0.15, 0.2) is 11.5 Å². The molecule has 0 radical (unpaired) electrons. The minimum atomic E-state index is -0.236. The maximum absolute atomic E-state index is 12.6. The van der Waals surface area contributed by atoms with Crippen LogP contribution in [0.15, 0.2) is 36.4 Å². The molecule has 26 heavy (non-hydrogen) atoms. The van der Waals surface area contributed by atoms with E-state index < -0.39 is 0 Å². The van der Waals surface area contributed by atoms with Gasteiger partial charge in [-0.15, -0.1) is 0 Å². The van der Waals surface area contributed by atoms with E-state index in [9.17, 15) is 4.79 Å². The lowest BCUT2D eigenvalue weighted by Gasteiger charge is -2.15.